The quantitative estimate of drug-likeness (QED) is 0.450. The lowest BCUT2D eigenvalue weighted by Gasteiger charge is -2.15. The van der Waals surface area contributed by atoms with Crippen molar-refractivity contribution in [2.24, 2.45) is 0 Å². The number of amides is 3. The van der Waals surface area contributed by atoms with E-state index in [9.17, 15) is 24.5 Å². The second-order valence-corrected chi connectivity index (χ2v) is 6.01. The summed E-state index contributed by atoms with van der Waals surface area (Å²) in [6.45, 7) is -0.460. The molecule has 0 aliphatic carbocycles. The lowest BCUT2D eigenvalue weighted by Crippen LogP contribution is -2.47. The van der Waals surface area contributed by atoms with E-state index in [-0.39, 0.29) is 11.1 Å². The summed E-state index contributed by atoms with van der Waals surface area (Å²) < 4.78 is 5.93. The van der Waals surface area contributed by atoms with Crippen LogP contribution in [0.15, 0.2) is 46.9 Å². The van der Waals surface area contributed by atoms with Crippen LogP contribution in [0.1, 0.15) is 20.7 Å². The number of hydrazine groups is 1. The summed E-state index contributed by atoms with van der Waals surface area (Å²) in [6, 6.07) is 10.5. The largest absolute Gasteiger partial charge is 0.483 e. The summed E-state index contributed by atoms with van der Waals surface area (Å²) >= 11 is 3.26. The van der Waals surface area contributed by atoms with Gasteiger partial charge in [0, 0.05) is 6.07 Å². The van der Waals surface area contributed by atoms with Gasteiger partial charge in [0.05, 0.1) is 15.0 Å². The molecule has 1 aliphatic rings. The molecule has 0 saturated carbocycles. The number of ether oxygens (including phenoxy) is 1. The molecule has 0 saturated heterocycles. The Kier molecular flexibility index (Phi) is 4.67. The smallest absolute Gasteiger partial charge is 0.287 e. The van der Waals surface area contributed by atoms with E-state index in [1.807, 2.05) is 0 Å². The zero-order chi connectivity index (χ0) is 18.8. The number of benzene rings is 2. The Morgan fingerprint density at radius 1 is 1.15 bits per heavy atom. The molecular formula is C16H10BrN3O6. The maximum Gasteiger partial charge on any atom is 0.287 e. The van der Waals surface area contributed by atoms with Crippen molar-refractivity contribution in [2.45, 2.75) is 0 Å². The number of nitrogens with one attached hydrogen (secondary N) is 1. The number of imide groups is 1. The van der Waals surface area contributed by atoms with Gasteiger partial charge >= 0.3 is 0 Å². The molecule has 0 atom stereocenters. The molecule has 26 heavy (non-hydrogen) atoms. The molecule has 0 radical (unpaired) electrons. The fourth-order valence-corrected chi connectivity index (χ4v) is 2.78. The van der Waals surface area contributed by atoms with Gasteiger partial charge in [-0.2, -0.15) is 5.01 Å². The van der Waals surface area contributed by atoms with Crippen LogP contribution in [0.25, 0.3) is 0 Å². The SMILES string of the molecule is O=C(COc1ccccc1Br)NN1C(=O)c2cccc([N+](=O)[O-])c2C1=O. The summed E-state index contributed by atoms with van der Waals surface area (Å²) in [4.78, 5) is 46.9. The average molecular weight is 420 g/mol. The first kappa shape index (κ1) is 17.5. The zero-order valence-electron chi connectivity index (χ0n) is 13.0. The molecule has 1 N–H and O–H groups in total. The highest BCUT2D eigenvalue weighted by molar-refractivity contribution is 9.10. The zero-order valence-corrected chi connectivity index (χ0v) is 14.6. The maximum absolute atomic E-state index is 12.3. The monoisotopic (exact) mass is 419 g/mol. The molecule has 1 aliphatic heterocycles. The Labute approximate surface area is 154 Å². The molecule has 0 bridgehead atoms. The minimum atomic E-state index is -0.966. The van der Waals surface area contributed by atoms with Crippen LogP contribution in [0.2, 0.25) is 0 Å². The molecule has 0 spiro atoms. The third-order valence-corrected chi connectivity index (χ3v) is 4.18. The summed E-state index contributed by atoms with van der Waals surface area (Å²) in [7, 11) is 0. The van der Waals surface area contributed by atoms with Gasteiger partial charge in [0.15, 0.2) is 6.61 Å². The second-order valence-electron chi connectivity index (χ2n) is 5.16. The Bertz CT molecular complexity index is 945. The summed E-state index contributed by atoms with van der Waals surface area (Å²) in [5, 5.41) is 11.5. The van der Waals surface area contributed by atoms with Crippen LogP contribution in [0.5, 0.6) is 5.75 Å². The van der Waals surface area contributed by atoms with E-state index in [1.165, 1.54) is 12.1 Å². The molecule has 2 aromatic rings. The van der Waals surface area contributed by atoms with Crippen LogP contribution in [0.3, 0.4) is 0 Å². The minimum Gasteiger partial charge on any atom is -0.483 e. The van der Waals surface area contributed by atoms with E-state index in [0.29, 0.717) is 15.2 Å². The van der Waals surface area contributed by atoms with Crippen LogP contribution in [0, 0.1) is 10.1 Å². The van der Waals surface area contributed by atoms with Crippen molar-refractivity contribution in [3.63, 3.8) is 0 Å². The van der Waals surface area contributed by atoms with Gasteiger partial charge in [-0.05, 0) is 34.1 Å². The van der Waals surface area contributed by atoms with Crippen molar-refractivity contribution in [2.75, 3.05) is 6.61 Å². The van der Waals surface area contributed by atoms with E-state index < -0.39 is 34.9 Å². The lowest BCUT2D eigenvalue weighted by molar-refractivity contribution is -0.385. The number of nitrogens with zero attached hydrogens (tertiary/aromatic N) is 2. The molecule has 9 nitrogen and oxygen atoms in total. The van der Waals surface area contributed by atoms with E-state index in [0.717, 1.165) is 6.07 Å². The molecule has 132 valence electrons. The van der Waals surface area contributed by atoms with Crippen LogP contribution >= 0.6 is 15.9 Å². The van der Waals surface area contributed by atoms with Crippen molar-refractivity contribution >= 4 is 39.3 Å². The number of halogens is 1. The topological polar surface area (TPSA) is 119 Å². The first-order valence-corrected chi connectivity index (χ1v) is 8.02. The summed E-state index contributed by atoms with van der Waals surface area (Å²) in [5.74, 6) is -2.17. The second kappa shape index (κ2) is 6.92. The van der Waals surface area contributed by atoms with Gasteiger partial charge < -0.3 is 4.74 Å². The van der Waals surface area contributed by atoms with Crippen LogP contribution in [0.4, 0.5) is 5.69 Å². The summed E-state index contributed by atoms with van der Waals surface area (Å²) in [5.41, 5.74) is 1.12. The van der Waals surface area contributed by atoms with Crippen molar-refractivity contribution in [1.29, 1.82) is 0 Å². The Morgan fingerprint density at radius 2 is 1.88 bits per heavy atom. The highest BCUT2D eigenvalue weighted by atomic mass is 79.9. The fourth-order valence-electron chi connectivity index (χ4n) is 2.38. The number of carbonyl (C=O) groups excluding carboxylic acids is 3. The third-order valence-electron chi connectivity index (χ3n) is 3.52. The van der Waals surface area contributed by atoms with E-state index in [1.54, 1.807) is 24.3 Å². The van der Waals surface area contributed by atoms with E-state index >= 15 is 0 Å². The van der Waals surface area contributed by atoms with Gasteiger partial charge in [-0.1, -0.05) is 18.2 Å². The predicted octanol–water partition coefficient (Wildman–Crippen LogP) is 2.06. The molecule has 2 aromatic carbocycles. The molecule has 0 fully saturated rings. The molecule has 0 aromatic heterocycles. The first-order chi connectivity index (χ1) is 12.4. The van der Waals surface area contributed by atoms with Crippen LogP contribution in [-0.2, 0) is 4.79 Å². The molecule has 3 amide bonds. The van der Waals surface area contributed by atoms with E-state index in [4.69, 9.17) is 4.74 Å². The number of rotatable bonds is 5. The Morgan fingerprint density at radius 3 is 2.58 bits per heavy atom. The maximum atomic E-state index is 12.3. The highest BCUT2D eigenvalue weighted by Gasteiger charge is 2.42. The lowest BCUT2D eigenvalue weighted by atomic mass is 10.1. The number of nitro groups is 1. The van der Waals surface area contributed by atoms with Crippen LogP contribution in [-0.4, -0.2) is 34.3 Å². The van der Waals surface area contributed by atoms with Gasteiger partial charge in [-0.3, -0.25) is 29.9 Å². The summed E-state index contributed by atoms with van der Waals surface area (Å²) in [6.07, 6.45) is 0. The number of hydrogen-bond acceptors (Lipinski definition) is 6. The standard InChI is InChI=1S/C16H10BrN3O6/c17-10-5-1-2-7-12(10)26-8-13(21)18-19-15(22)9-4-3-6-11(20(24)25)14(9)16(19)23/h1-7H,8H2,(H,18,21). The molecule has 3 rings (SSSR count). The van der Waals surface area contributed by atoms with Crippen LogP contribution < -0.4 is 10.2 Å². The number of hydrogen-bond donors (Lipinski definition) is 1. The normalized spacial score (nSPS) is 12.7. The van der Waals surface area contributed by atoms with Gasteiger partial charge in [0.2, 0.25) is 0 Å². The number of para-hydroxylation sites is 1. The predicted molar refractivity (Wildman–Crippen MR) is 91.4 cm³/mol. The number of carbonyl (C=O) groups is 3. The number of fused-ring (bicyclic) bond motifs is 1. The molecular weight excluding hydrogens is 410 g/mol. The Hall–Kier alpha value is -3.27. The van der Waals surface area contributed by atoms with E-state index in [2.05, 4.69) is 21.4 Å². The third kappa shape index (κ3) is 3.14. The van der Waals surface area contributed by atoms with Gasteiger partial charge in [-0.15, -0.1) is 0 Å². The van der Waals surface area contributed by atoms with Gasteiger partial charge in [0.1, 0.15) is 11.3 Å². The highest BCUT2D eigenvalue weighted by Crippen LogP contribution is 2.29. The van der Waals surface area contributed by atoms with Crippen molar-refractivity contribution in [3.8, 4) is 5.75 Å². The fraction of sp³-hybridized carbons (Fsp3) is 0.0625. The molecule has 10 heteroatoms. The van der Waals surface area contributed by atoms with Gasteiger partial charge in [0.25, 0.3) is 23.4 Å². The van der Waals surface area contributed by atoms with Crippen molar-refractivity contribution < 1.29 is 24.0 Å². The van der Waals surface area contributed by atoms with Crippen molar-refractivity contribution in [3.05, 3.63) is 68.2 Å². The average Bonchev–Trinajstić information content (AvgIpc) is 2.86. The first-order valence-electron chi connectivity index (χ1n) is 7.23. The number of nitro benzene ring substituents is 1. The minimum absolute atomic E-state index is 0.142. The molecule has 1 heterocycles. The van der Waals surface area contributed by atoms with Crippen molar-refractivity contribution in [1.82, 2.24) is 10.4 Å². The molecule has 0 unspecified atom stereocenters. The van der Waals surface area contributed by atoms with Gasteiger partial charge in [-0.25, -0.2) is 0 Å². The Balaban J connectivity index is 1.73.